The highest BCUT2D eigenvalue weighted by atomic mass is 32.2. The van der Waals surface area contributed by atoms with Gasteiger partial charge < -0.3 is 5.11 Å². The Hall–Kier alpha value is -1.00. The number of thioether (sulfide) groups is 1. The molecule has 1 aromatic carbocycles. The zero-order valence-electron chi connectivity index (χ0n) is 11.3. The predicted molar refractivity (Wildman–Crippen MR) is 78.8 cm³/mol. The van der Waals surface area contributed by atoms with E-state index in [1.165, 1.54) is 23.3 Å². The highest BCUT2D eigenvalue weighted by Gasteiger charge is 2.28. The lowest BCUT2D eigenvalue weighted by Crippen LogP contribution is -2.30. The summed E-state index contributed by atoms with van der Waals surface area (Å²) in [6.45, 7) is 3.76. The van der Waals surface area contributed by atoms with Gasteiger partial charge in [-0.05, 0) is 31.9 Å². The van der Waals surface area contributed by atoms with Crippen molar-refractivity contribution in [3.8, 4) is 0 Å². The minimum Gasteiger partial charge on any atom is -0.481 e. The van der Waals surface area contributed by atoms with E-state index in [0.717, 1.165) is 12.3 Å². The molecule has 0 spiro atoms. The van der Waals surface area contributed by atoms with Crippen LogP contribution in [0.15, 0.2) is 29.2 Å². The highest BCUT2D eigenvalue weighted by molar-refractivity contribution is 7.99. The Morgan fingerprint density at radius 2 is 2.00 bits per heavy atom. The lowest BCUT2D eigenvalue weighted by atomic mass is 10.2. The third-order valence-electron chi connectivity index (χ3n) is 3.34. The molecule has 0 amide bonds. The van der Waals surface area contributed by atoms with Gasteiger partial charge >= 0.3 is 5.97 Å². The zero-order chi connectivity index (χ0) is 13.7. The standard InChI is InChI=1S/C15H21NO2S/c1-12-2-6-14(7-3-12)19-11-10-16(13-4-5-13)9-8-15(17)18/h2-3,6-7,13H,4-5,8-11H2,1H3,(H,17,18). The number of benzene rings is 1. The fourth-order valence-electron chi connectivity index (χ4n) is 2.07. The van der Waals surface area contributed by atoms with Gasteiger partial charge in [0, 0.05) is 29.8 Å². The summed E-state index contributed by atoms with van der Waals surface area (Å²) >= 11 is 1.85. The van der Waals surface area contributed by atoms with Crippen LogP contribution in [0.3, 0.4) is 0 Å². The molecule has 0 atom stereocenters. The van der Waals surface area contributed by atoms with Crippen molar-refractivity contribution >= 4 is 17.7 Å². The second-order valence-corrected chi connectivity index (χ2v) is 6.24. The summed E-state index contributed by atoms with van der Waals surface area (Å²) in [6.07, 6.45) is 2.72. The molecule has 0 radical (unpaired) electrons. The Morgan fingerprint density at radius 3 is 2.58 bits per heavy atom. The van der Waals surface area contributed by atoms with Gasteiger partial charge in [0.1, 0.15) is 0 Å². The monoisotopic (exact) mass is 279 g/mol. The molecule has 104 valence electrons. The Labute approximate surface area is 119 Å². The maximum Gasteiger partial charge on any atom is 0.304 e. The summed E-state index contributed by atoms with van der Waals surface area (Å²) in [4.78, 5) is 14.3. The number of hydrogen-bond acceptors (Lipinski definition) is 3. The predicted octanol–water partition coefficient (Wildman–Crippen LogP) is 3.03. The van der Waals surface area contributed by atoms with E-state index >= 15 is 0 Å². The second kappa shape index (κ2) is 6.96. The molecule has 0 aromatic heterocycles. The van der Waals surface area contributed by atoms with Crippen molar-refractivity contribution in [3.63, 3.8) is 0 Å². The number of nitrogens with zero attached hydrogens (tertiary/aromatic N) is 1. The molecule has 19 heavy (non-hydrogen) atoms. The van der Waals surface area contributed by atoms with Crippen LogP contribution in [0.4, 0.5) is 0 Å². The molecule has 4 heteroatoms. The number of carboxylic acid groups (broad SMARTS) is 1. The summed E-state index contributed by atoms with van der Waals surface area (Å²) in [5.74, 6) is 0.330. The van der Waals surface area contributed by atoms with Gasteiger partial charge in [-0.15, -0.1) is 11.8 Å². The normalized spacial score (nSPS) is 14.8. The van der Waals surface area contributed by atoms with E-state index in [1.807, 2.05) is 11.8 Å². The molecule has 1 aliphatic rings. The SMILES string of the molecule is Cc1ccc(SCCN(CCC(=O)O)C2CC2)cc1. The summed E-state index contributed by atoms with van der Waals surface area (Å²) in [5.41, 5.74) is 1.28. The van der Waals surface area contributed by atoms with Gasteiger partial charge in [-0.2, -0.15) is 0 Å². The lowest BCUT2D eigenvalue weighted by Gasteiger charge is -2.20. The molecule has 2 rings (SSSR count). The second-order valence-electron chi connectivity index (χ2n) is 5.07. The topological polar surface area (TPSA) is 40.5 Å². The van der Waals surface area contributed by atoms with Gasteiger partial charge in [0.25, 0.3) is 0 Å². The quantitative estimate of drug-likeness (QED) is 0.743. The average Bonchev–Trinajstić information content (AvgIpc) is 3.20. The van der Waals surface area contributed by atoms with Gasteiger partial charge in [-0.3, -0.25) is 9.69 Å². The molecule has 1 fully saturated rings. The molecular weight excluding hydrogens is 258 g/mol. The van der Waals surface area contributed by atoms with Gasteiger partial charge in [0.2, 0.25) is 0 Å². The summed E-state index contributed by atoms with van der Waals surface area (Å²) in [7, 11) is 0. The van der Waals surface area contributed by atoms with Crippen LogP contribution in [0.2, 0.25) is 0 Å². The minimum atomic E-state index is -0.697. The van der Waals surface area contributed by atoms with Crippen molar-refractivity contribution in [1.82, 2.24) is 4.90 Å². The number of hydrogen-bond donors (Lipinski definition) is 1. The van der Waals surface area contributed by atoms with Crippen LogP contribution < -0.4 is 0 Å². The zero-order valence-corrected chi connectivity index (χ0v) is 12.2. The highest BCUT2D eigenvalue weighted by Crippen LogP contribution is 2.27. The Bertz CT molecular complexity index is 415. The largest absolute Gasteiger partial charge is 0.481 e. The Morgan fingerprint density at radius 1 is 1.32 bits per heavy atom. The smallest absolute Gasteiger partial charge is 0.304 e. The third kappa shape index (κ3) is 5.25. The van der Waals surface area contributed by atoms with Crippen LogP contribution in [0, 0.1) is 6.92 Å². The lowest BCUT2D eigenvalue weighted by molar-refractivity contribution is -0.137. The van der Waals surface area contributed by atoms with E-state index in [0.29, 0.717) is 12.6 Å². The molecule has 3 nitrogen and oxygen atoms in total. The van der Waals surface area contributed by atoms with Crippen LogP contribution in [0.25, 0.3) is 0 Å². The fourth-order valence-corrected chi connectivity index (χ4v) is 2.96. The first-order chi connectivity index (χ1) is 9.15. The number of carboxylic acids is 1. The average molecular weight is 279 g/mol. The first-order valence-corrected chi connectivity index (χ1v) is 7.79. The molecular formula is C15H21NO2S. The van der Waals surface area contributed by atoms with Gasteiger partial charge in [-0.1, -0.05) is 17.7 Å². The van der Waals surface area contributed by atoms with Gasteiger partial charge in [0.15, 0.2) is 0 Å². The van der Waals surface area contributed by atoms with Crippen LogP contribution >= 0.6 is 11.8 Å². The van der Waals surface area contributed by atoms with Crippen molar-refractivity contribution in [1.29, 1.82) is 0 Å². The van der Waals surface area contributed by atoms with Crippen molar-refractivity contribution in [3.05, 3.63) is 29.8 Å². The van der Waals surface area contributed by atoms with E-state index in [1.54, 1.807) is 0 Å². The Balaban J connectivity index is 1.72. The van der Waals surface area contributed by atoms with Gasteiger partial charge in [0.05, 0.1) is 6.42 Å². The molecule has 0 aliphatic heterocycles. The fraction of sp³-hybridized carbons (Fsp3) is 0.533. The van der Waals surface area contributed by atoms with E-state index in [-0.39, 0.29) is 6.42 Å². The third-order valence-corrected chi connectivity index (χ3v) is 4.34. The van der Waals surface area contributed by atoms with Crippen molar-refractivity contribution in [2.24, 2.45) is 0 Å². The molecule has 1 aromatic rings. The van der Waals surface area contributed by atoms with Gasteiger partial charge in [-0.25, -0.2) is 0 Å². The molecule has 0 saturated heterocycles. The van der Waals surface area contributed by atoms with Crippen LogP contribution in [-0.4, -0.2) is 40.9 Å². The van der Waals surface area contributed by atoms with E-state index < -0.39 is 5.97 Å². The number of aliphatic carboxylic acids is 1. The Kier molecular flexibility index (Phi) is 5.28. The number of rotatable bonds is 8. The van der Waals surface area contributed by atoms with Crippen molar-refractivity contribution in [2.75, 3.05) is 18.8 Å². The van der Waals surface area contributed by atoms with Crippen LogP contribution in [0.5, 0.6) is 0 Å². The maximum absolute atomic E-state index is 10.6. The minimum absolute atomic E-state index is 0.256. The summed E-state index contributed by atoms with van der Waals surface area (Å²) in [6, 6.07) is 9.20. The molecule has 1 N–H and O–H groups in total. The van der Waals surface area contributed by atoms with E-state index in [2.05, 4.69) is 36.1 Å². The molecule has 0 heterocycles. The van der Waals surface area contributed by atoms with Crippen molar-refractivity contribution in [2.45, 2.75) is 37.1 Å². The van der Waals surface area contributed by atoms with Crippen LogP contribution in [-0.2, 0) is 4.79 Å². The summed E-state index contributed by atoms with van der Waals surface area (Å²) in [5, 5.41) is 8.76. The van der Waals surface area contributed by atoms with Crippen LogP contribution in [0.1, 0.15) is 24.8 Å². The van der Waals surface area contributed by atoms with E-state index in [4.69, 9.17) is 5.11 Å². The molecule has 0 bridgehead atoms. The maximum atomic E-state index is 10.6. The summed E-state index contributed by atoms with van der Waals surface area (Å²) < 4.78 is 0. The van der Waals surface area contributed by atoms with E-state index in [9.17, 15) is 4.79 Å². The molecule has 0 unspecified atom stereocenters. The number of carbonyl (C=O) groups is 1. The molecule has 1 aliphatic carbocycles. The number of aryl methyl sites for hydroxylation is 1. The first kappa shape index (κ1) is 14.4. The first-order valence-electron chi connectivity index (χ1n) is 6.80. The van der Waals surface area contributed by atoms with Crippen molar-refractivity contribution < 1.29 is 9.90 Å². The molecule has 1 saturated carbocycles.